The third kappa shape index (κ3) is 5.31. The molecule has 3 aromatic rings. The zero-order valence-corrected chi connectivity index (χ0v) is 16.9. The average molecular weight is 420 g/mol. The topological polar surface area (TPSA) is 30.5 Å². The van der Waals surface area contributed by atoms with E-state index in [1.54, 1.807) is 12.1 Å². The number of hydrogen-bond donors (Lipinski definition) is 1. The highest BCUT2D eigenvalue weighted by molar-refractivity contribution is 6.33. The molecule has 1 N–H and O–H groups in total. The summed E-state index contributed by atoms with van der Waals surface area (Å²) in [6, 6.07) is 17.4. The second-order valence-corrected chi connectivity index (χ2v) is 6.90. The minimum absolute atomic E-state index is 0.261. The predicted molar refractivity (Wildman–Crippen MR) is 112 cm³/mol. The van der Waals surface area contributed by atoms with Gasteiger partial charge in [0.2, 0.25) is 0 Å². The van der Waals surface area contributed by atoms with Gasteiger partial charge in [0.15, 0.2) is 11.5 Å². The van der Waals surface area contributed by atoms with E-state index in [1.165, 1.54) is 12.1 Å². The van der Waals surface area contributed by atoms with Gasteiger partial charge in [0.25, 0.3) is 0 Å². The average Bonchev–Trinajstić information content (AvgIpc) is 2.68. The van der Waals surface area contributed by atoms with Gasteiger partial charge in [-0.25, -0.2) is 4.39 Å². The van der Waals surface area contributed by atoms with Gasteiger partial charge in [0.1, 0.15) is 12.4 Å². The van der Waals surface area contributed by atoms with E-state index in [4.69, 9.17) is 32.7 Å². The van der Waals surface area contributed by atoms with Crippen LogP contribution in [0.25, 0.3) is 0 Å². The van der Waals surface area contributed by atoms with Crippen molar-refractivity contribution >= 4 is 28.9 Å². The van der Waals surface area contributed by atoms with Gasteiger partial charge in [0.05, 0.1) is 22.3 Å². The monoisotopic (exact) mass is 419 g/mol. The van der Waals surface area contributed by atoms with Crippen molar-refractivity contribution in [3.05, 3.63) is 87.7 Å². The van der Waals surface area contributed by atoms with Crippen molar-refractivity contribution in [3.8, 4) is 11.5 Å². The lowest BCUT2D eigenvalue weighted by atomic mass is 10.2. The first-order valence-electron chi connectivity index (χ1n) is 8.87. The summed E-state index contributed by atoms with van der Waals surface area (Å²) in [5.41, 5.74) is 2.61. The van der Waals surface area contributed by atoms with E-state index in [-0.39, 0.29) is 12.4 Å². The number of halogens is 3. The van der Waals surface area contributed by atoms with Gasteiger partial charge in [-0.15, -0.1) is 0 Å². The molecule has 0 spiro atoms. The van der Waals surface area contributed by atoms with Crippen molar-refractivity contribution in [2.75, 3.05) is 11.9 Å². The van der Waals surface area contributed by atoms with Gasteiger partial charge in [-0.2, -0.15) is 0 Å². The molecule has 0 unspecified atom stereocenters. The second kappa shape index (κ2) is 9.67. The molecule has 0 radical (unpaired) electrons. The minimum atomic E-state index is -0.285. The molecule has 3 nitrogen and oxygen atoms in total. The van der Waals surface area contributed by atoms with Crippen molar-refractivity contribution in [2.24, 2.45) is 0 Å². The smallest absolute Gasteiger partial charge is 0.180 e. The van der Waals surface area contributed by atoms with Crippen molar-refractivity contribution in [3.63, 3.8) is 0 Å². The fourth-order valence-electron chi connectivity index (χ4n) is 2.66. The Morgan fingerprint density at radius 1 is 0.893 bits per heavy atom. The summed E-state index contributed by atoms with van der Waals surface area (Å²) in [6.07, 6.45) is 0. The molecule has 6 heteroatoms. The Balaban J connectivity index is 1.75. The van der Waals surface area contributed by atoms with Crippen LogP contribution in [0.1, 0.15) is 18.1 Å². The van der Waals surface area contributed by atoms with Gasteiger partial charge in [-0.3, -0.25) is 0 Å². The molecule has 0 heterocycles. The summed E-state index contributed by atoms with van der Waals surface area (Å²) in [4.78, 5) is 0. The quantitative estimate of drug-likeness (QED) is 0.439. The van der Waals surface area contributed by atoms with Gasteiger partial charge >= 0.3 is 0 Å². The van der Waals surface area contributed by atoms with Crippen LogP contribution in [-0.4, -0.2) is 6.61 Å². The van der Waals surface area contributed by atoms with E-state index in [0.717, 1.165) is 16.8 Å². The van der Waals surface area contributed by atoms with Crippen molar-refractivity contribution in [2.45, 2.75) is 20.1 Å². The molecule has 0 fully saturated rings. The summed E-state index contributed by atoms with van der Waals surface area (Å²) in [5.74, 6) is 0.745. The first-order chi connectivity index (χ1) is 13.6. The van der Waals surface area contributed by atoms with Gasteiger partial charge in [-0.05, 0) is 54.4 Å². The molecule has 0 saturated carbocycles. The Labute approximate surface area is 174 Å². The molecule has 28 heavy (non-hydrogen) atoms. The van der Waals surface area contributed by atoms with Crippen molar-refractivity contribution in [1.82, 2.24) is 0 Å². The number of benzene rings is 3. The maximum absolute atomic E-state index is 13.0. The van der Waals surface area contributed by atoms with Crippen molar-refractivity contribution < 1.29 is 13.9 Å². The number of hydrogen-bond acceptors (Lipinski definition) is 3. The Morgan fingerprint density at radius 2 is 1.64 bits per heavy atom. The normalized spacial score (nSPS) is 10.6. The standard InChI is InChI=1S/C22H20Cl2FNO2/c1-2-27-21-12-16(13-26-20-6-4-3-5-18(20)23)11-19(24)22(21)28-14-15-7-9-17(25)10-8-15/h3-12,26H,2,13-14H2,1H3. The fraction of sp³-hybridized carbons (Fsp3) is 0.182. The van der Waals surface area contributed by atoms with Crippen LogP contribution in [0.2, 0.25) is 10.0 Å². The number of anilines is 1. The molecule has 0 aliphatic heterocycles. The van der Waals surface area contributed by atoms with Gasteiger partial charge < -0.3 is 14.8 Å². The lowest BCUT2D eigenvalue weighted by Crippen LogP contribution is -2.04. The summed E-state index contributed by atoms with van der Waals surface area (Å²) in [6.45, 7) is 3.16. The highest BCUT2D eigenvalue weighted by atomic mass is 35.5. The zero-order valence-electron chi connectivity index (χ0n) is 15.3. The molecule has 0 saturated heterocycles. The highest BCUT2D eigenvalue weighted by Crippen LogP contribution is 2.37. The van der Waals surface area contributed by atoms with Crippen LogP contribution < -0.4 is 14.8 Å². The Kier molecular flexibility index (Phi) is 7.01. The molecule has 0 amide bonds. The maximum atomic E-state index is 13.0. The molecule has 0 aliphatic carbocycles. The summed E-state index contributed by atoms with van der Waals surface area (Å²) in [7, 11) is 0. The van der Waals surface area contributed by atoms with Gasteiger partial charge in [-0.1, -0.05) is 47.5 Å². The minimum Gasteiger partial charge on any atom is -0.490 e. The van der Waals surface area contributed by atoms with Crippen LogP contribution in [0.15, 0.2) is 60.7 Å². The van der Waals surface area contributed by atoms with Crippen LogP contribution in [0.4, 0.5) is 10.1 Å². The van der Waals surface area contributed by atoms with E-state index >= 15 is 0 Å². The fourth-order valence-corrected chi connectivity index (χ4v) is 3.15. The number of para-hydroxylation sites is 1. The summed E-state index contributed by atoms with van der Waals surface area (Å²) >= 11 is 12.6. The van der Waals surface area contributed by atoms with Crippen LogP contribution in [0.5, 0.6) is 11.5 Å². The Hall–Kier alpha value is -2.43. The number of rotatable bonds is 8. The molecular weight excluding hydrogens is 400 g/mol. The van der Waals surface area contributed by atoms with E-state index in [2.05, 4.69) is 5.32 Å². The lowest BCUT2D eigenvalue weighted by molar-refractivity contribution is 0.269. The molecule has 0 bridgehead atoms. The molecular formula is C22H20Cl2FNO2. The first kappa shape index (κ1) is 20.3. The SMILES string of the molecule is CCOc1cc(CNc2ccccc2Cl)cc(Cl)c1OCc1ccc(F)cc1. The Morgan fingerprint density at radius 3 is 2.36 bits per heavy atom. The van der Waals surface area contributed by atoms with Gasteiger partial charge in [0, 0.05) is 6.54 Å². The van der Waals surface area contributed by atoms with E-state index < -0.39 is 0 Å². The molecule has 3 rings (SSSR count). The first-order valence-corrected chi connectivity index (χ1v) is 9.63. The molecule has 0 atom stereocenters. The van der Waals surface area contributed by atoms with E-state index in [1.807, 2.05) is 43.3 Å². The van der Waals surface area contributed by atoms with Crippen LogP contribution in [0.3, 0.4) is 0 Å². The second-order valence-electron chi connectivity index (χ2n) is 6.09. The summed E-state index contributed by atoms with van der Waals surface area (Å²) in [5, 5.41) is 4.38. The van der Waals surface area contributed by atoms with E-state index in [0.29, 0.717) is 34.7 Å². The van der Waals surface area contributed by atoms with Crippen LogP contribution in [-0.2, 0) is 13.2 Å². The number of ether oxygens (including phenoxy) is 2. The summed E-state index contributed by atoms with van der Waals surface area (Å²) < 4.78 is 24.6. The zero-order chi connectivity index (χ0) is 19.9. The molecule has 0 aromatic heterocycles. The third-order valence-corrected chi connectivity index (χ3v) is 4.63. The van der Waals surface area contributed by atoms with E-state index in [9.17, 15) is 4.39 Å². The lowest BCUT2D eigenvalue weighted by Gasteiger charge is -2.16. The highest BCUT2D eigenvalue weighted by Gasteiger charge is 2.13. The molecule has 0 aliphatic rings. The van der Waals surface area contributed by atoms with Crippen LogP contribution >= 0.6 is 23.2 Å². The van der Waals surface area contributed by atoms with Crippen LogP contribution in [0, 0.1) is 5.82 Å². The number of nitrogens with one attached hydrogen (secondary N) is 1. The Bertz CT molecular complexity index is 932. The largest absolute Gasteiger partial charge is 0.490 e. The maximum Gasteiger partial charge on any atom is 0.180 e. The molecule has 146 valence electrons. The molecule has 3 aromatic carbocycles. The van der Waals surface area contributed by atoms with Crippen molar-refractivity contribution in [1.29, 1.82) is 0 Å². The third-order valence-electron chi connectivity index (χ3n) is 4.02. The predicted octanol–water partition coefficient (Wildman–Crippen LogP) is 6.72.